The van der Waals surface area contributed by atoms with Crippen LogP contribution in [0.5, 0.6) is 0 Å². The monoisotopic (exact) mass is 285 g/mol. The molecule has 0 bridgehead atoms. The summed E-state index contributed by atoms with van der Waals surface area (Å²) in [6, 6.07) is 8.78. The molecule has 114 valence electrons. The highest BCUT2D eigenvalue weighted by atomic mass is 16.3. The molecular formula is C19H27NO. The molecule has 0 spiro atoms. The molecule has 1 aliphatic carbocycles. The Morgan fingerprint density at radius 2 is 2.00 bits per heavy atom. The van der Waals surface area contributed by atoms with Crippen LogP contribution < -0.4 is 5.32 Å². The fraction of sp³-hybridized carbons (Fsp3) is 0.579. The second-order valence-electron chi connectivity index (χ2n) is 6.50. The van der Waals surface area contributed by atoms with E-state index in [2.05, 4.69) is 43.4 Å². The third-order valence-electron chi connectivity index (χ3n) is 4.87. The molecule has 0 amide bonds. The van der Waals surface area contributed by atoms with E-state index in [1.807, 2.05) is 0 Å². The first-order valence-electron chi connectivity index (χ1n) is 8.48. The summed E-state index contributed by atoms with van der Waals surface area (Å²) < 4.78 is 6.20. The Balaban J connectivity index is 1.88. The van der Waals surface area contributed by atoms with Crippen molar-refractivity contribution in [2.24, 2.45) is 5.92 Å². The van der Waals surface area contributed by atoms with E-state index in [-0.39, 0.29) is 0 Å². The minimum absolute atomic E-state index is 0.583. The number of rotatable bonds is 4. The van der Waals surface area contributed by atoms with Crippen LogP contribution in [0, 0.1) is 12.8 Å². The Labute approximate surface area is 127 Å². The second kappa shape index (κ2) is 6.65. The number of hydrogen-bond acceptors (Lipinski definition) is 2. The van der Waals surface area contributed by atoms with E-state index >= 15 is 0 Å². The van der Waals surface area contributed by atoms with Gasteiger partial charge in [0.2, 0.25) is 0 Å². The highest BCUT2D eigenvalue weighted by molar-refractivity contribution is 5.78. The van der Waals surface area contributed by atoms with E-state index in [1.54, 1.807) is 0 Å². The Bertz CT molecular complexity index is 586. The summed E-state index contributed by atoms with van der Waals surface area (Å²) in [6.45, 7) is 6.52. The van der Waals surface area contributed by atoms with Crippen molar-refractivity contribution in [3.05, 3.63) is 35.6 Å². The first-order valence-corrected chi connectivity index (χ1v) is 8.48. The van der Waals surface area contributed by atoms with Gasteiger partial charge in [-0.15, -0.1) is 0 Å². The Morgan fingerprint density at radius 1 is 1.14 bits per heavy atom. The lowest BCUT2D eigenvalue weighted by molar-refractivity contribution is 0.336. The summed E-state index contributed by atoms with van der Waals surface area (Å²) in [5.74, 6) is 2.51. The molecule has 1 fully saturated rings. The van der Waals surface area contributed by atoms with Crippen molar-refractivity contribution in [3.8, 4) is 0 Å². The van der Waals surface area contributed by atoms with E-state index < -0.39 is 0 Å². The van der Waals surface area contributed by atoms with Gasteiger partial charge in [0.05, 0.1) is 0 Å². The van der Waals surface area contributed by atoms with E-state index in [1.165, 1.54) is 48.8 Å². The van der Waals surface area contributed by atoms with E-state index in [0.29, 0.717) is 11.8 Å². The summed E-state index contributed by atoms with van der Waals surface area (Å²) in [7, 11) is 0. The van der Waals surface area contributed by atoms with Gasteiger partial charge in [-0.1, -0.05) is 37.8 Å². The molecule has 1 aromatic carbocycles. The van der Waals surface area contributed by atoms with Crippen LogP contribution >= 0.6 is 0 Å². The molecule has 21 heavy (non-hydrogen) atoms. The van der Waals surface area contributed by atoms with Gasteiger partial charge in [-0.3, -0.25) is 0 Å². The molecule has 2 nitrogen and oxygen atoms in total. The fourth-order valence-electron chi connectivity index (χ4n) is 3.70. The molecule has 0 saturated heterocycles. The van der Waals surface area contributed by atoms with E-state index in [4.69, 9.17) is 4.42 Å². The average molecular weight is 285 g/mol. The minimum Gasteiger partial charge on any atom is -0.461 e. The SMILES string of the molecule is CCNCC1CCCCCC1c1cc2cc(C)ccc2o1. The van der Waals surface area contributed by atoms with Crippen molar-refractivity contribution >= 4 is 11.0 Å². The molecule has 2 heteroatoms. The normalized spacial score (nSPS) is 23.3. The number of aryl methyl sites for hydroxylation is 1. The van der Waals surface area contributed by atoms with Crippen LogP contribution in [0.4, 0.5) is 0 Å². The van der Waals surface area contributed by atoms with Crippen molar-refractivity contribution in [1.29, 1.82) is 0 Å². The van der Waals surface area contributed by atoms with Gasteiger partial charge >= 0.3 is 0 Å². The van der Waals surface area contributed by atoms with Crippen molar-refractivity contribution < 1.29 is 4.42 Å². The third kappa shape index (κ3) is 3.32. The highest BCUT2D eigenvalue weighted by Crippen LogP contribution is 2.38. The molecular weight excluding hydrogens is 258 g/mol. The Hall–Kier alpha value is -1.28. The highest BCUT2D eigenvalue weighted by Gasteiger charge is 2.27. The molecule has 0 aliphatic heterocycles. The number of fused-ring (bicyclic) bond motifs is 1. The number of furan rings is 1. The quantitative estimate of drug-likeness (QED) is 0.798. The summed E-state index contributed by atoms with van der Waals surface area (Å²) >= 11 is 0. The van der Waals surface area contributed by atoms with Crippen molar-refractivity contribution in [1.82, 2.24) is 5.32 Å². The van der Waals surface area contributed by atoms with Gasteiger partial charge in [-0.25, -0.2) is 0 Å². The van der Waals surface area contributed by atoms with Gasteiger partial charge in [0, 0.05) is 11.3 Å². The van der Waals surface area contributed by atoms with Gasteiger partial charge in [0.15, 0.2) is 0 Å². The molecule has 1 aromatic heterocycles. The Kier molecular flexibility index (Phi) is 4.64. The second-order valence-corrected chi connectivity index (χ2v) is 6.50. The maximum Gasteiger partial charge on any atom is 0.134 e. The zero-order chi connectivity index (χ0) is 14.7. The molecule has 3 rings (SSSR count). The smallest absolute Gasteiger partial charge is 0.134 e. The fourth-order valence-corrected chi connectivity index (χ4v) is 3.70. The molecule has 0 radical (unpaired) electrons. The predicted molar refractivity (Wildman–Crippen MR) is 88.8 cm³/mol. The Morgan fingerprint density at radius 3 is 2.86 bits per heavy atom. The van der Waals surface area contributed by atoms with Crippen molar-refractivity contribution in [2.75, 3.05) is 13.1 Å². The zero-order valence-corrected chi connectivity index (χ0v) is 13.3. The van der Waals surface area contributed by atoms with Gasteiger partial charge in [-0.05, 0) is 57.0 Å². The molecule has 2 atom stereocenters. The maximum absolute atomic E-state index is 6.20. The van der Waals surface area contributed by atoms with Crippen LogP contribution in [0.15, 0.2) is 28.7 Å². The lowest BCUT2D eigenvalue weighted by Gasteiger charge is -2.23. The molecule has 2 aromatic rings. The molecule has 1 aliphatic rings. The number of benzene rings is 1. The third-order valence-corrected chi connectivity index (χ3v) is 4.87. The van der Waals surface area contributed by atoms with Crippen LogP contribution in [0.2, 0.25) is 0 Å². The summed E-state index contributed by atoms with van der Waals surface area (Å²) in [5.41, 5.74) is 2.35. The predicted octanol–water partition coefficient (Wildman–Crippen LogP) is 5.01. The van der Waals surface area contributed by atoms with Gasteiger partial charge in [-0.2, -0.15) is 0 Å². The average Bonchev–Trinajstić information content (AvgIpc) is 2.75. The maximum atomic E-state index is 6.20. The molecule has 1 N–H and O–H groups in total. The summed E-state index contributed by atoms with van der Waals surface area (Å²) in [4.78, 5) is 0. The van der Waals surface area contributed by atoms with Gasteiger partial charge in [0.25, 0.3) is 0 Å². The first kappa shape index (κ1) is 14.6. The lowest BCUT2D eigenvalue weighted by Crippen LogP contribution is -2.26. The summed E-state index contributed by atoms with van der Waals surface area (Å²) in [6.07, 6.45) is 6.68. The van der Waals surface area contributed by atoms with Crippen LogP contribution in [0.25, 0.3) is 11.0 Å². The minimum atomic E-state index is 0.583. The van der Waals surface area contributed by atoms with E-state index in [9.17, 15) is 0 Å². The molecule has 2 unspecified atom stereocenters. The topological polar surface area (TPSA) is 25.2 Å². The van der Waals surface area contributed by atoms with Crippen molar-refractivity contribution in [2.45, 2.75) is 51.9 Å². The van der Waals surface area contributed by atoms with Crippen LogP contribution in [-0.4, -0.2) is 13.1 Å². The zero-order valence-electron chi connectivity index (χ0n) is 13.3. The van der Waals surface area contributed by atoms with Gasteiger partial charge < -0.3 is 9.73 Å². The first-order chi connectivity index (χ1) is 10.3. The van der Waals surface area contributed by atoms with Crippen LogP contribution in [0.1, 0.15) is 56.3 Å². The van der Waals surface area contributed by atoms with Crippen LogP contribution in [0.3, 0.4) is 0 Å². The lowest BCUT2D eigenvalue weighted by atomic mass is 9.86. The van der Waals surface area contributed by atoms with E-state index in [0.717, 1.165) is 18.7 Å². The summed E-state index contributed by atoms with van der Waals surface area (Å²) in [5, 5.41) is 4.81. The largest absolute Gasteiger partial charge is 0.461 e. The van der Waals surface area contributed by atoms with Gasteiger partial charge in [0.1, 0.15) is 11.3 Å². The molecule has 1 saturated carbocycles. The number of nitrogens with one attached hydrogen (secondary N) is 1. The molecule has 1 heterocycles. The van der Waals surface area contributed by atoms with Crippen LogP contribution in [-0.2, 0) is 0 Å². The standard InChI is InChI=1S/C19H27NO/c1-3-20-13-15-7-5-4-6-8-17(15)19-12-16-11-14(2)9-10-18(16)21-19/h9-12,15,17,20H,3-8,13H2,1-2H3. The number of hydrogen-bond donors (Lipinski definition) is 1. The van der Waals surface area contributed by atoms with Crippen molar-refractivity contribution in [3.63, 3.8) is 0 Å².